The van der Waals surface area contributed by atoms with Crippen LogP contribution >= 0.6 is 0 Å². The number of carbonyl (C=O) groups excluding carboxylic acids is 1. The summed E-state index contributed by atoms with van der Waals surface area (Å²) in [6.45, 7) is 3.54. The van der Waals surface area contributed by atoms with Crippen molar-refractivity contribution in [1.82, 2.24) is 0 Å². The lowest BCUT2D eigenvalue weighted by Crippen LogP contribution is -2.22. The van der Waals surface area contributed by atoms with E-state index in [4.69, 9.17) is 4.74 Å². The quantitative estimate of drug-likeness (QED) is 0.738. The molecule has 2 nitrogen and oxygen atoms in total. The van der Waals surface area contributed by atoms with Gasteiger partial charge in [0.2, 0.25) is 0 Å². The van der Waals surface area contributed by atoms with E-state index in [0.717, 1.165) is 30.6 Å². The number of hydrogen-bond donors (Lipinski definition) is 0. The molecule has 2 aliphatic rings. The Bertz CT molecular complexity index is 527. The summed E-state index contributed by atoms with van der Waals surface area (Å²) in [5, 5.41) is 0. The predicted octanol–water partition coefficient (Wildman–Crippen LogP) is 3.11. The molecule has 0 saturated carbocycles. The minimum atomic E-state index is -0.248. The molecule has 1 heterocycles. The second kappa shape index (κ2) is 3.46. The molecule has 1 aliphatic carbocycles. The number of rotatable bonds is 1. The first-order valence-corrected chi connectivity index (χ1v) is 6.10. The van der Waals surface area contributed by atoms with Crippen LogP contribution in [0.1, 0.15) is 37.8 Å². The summed E-state index contributed by atoms with van der Waals surface area (Å²) in [6.07, 6.45) is 2.78. The minimum absolute atomic E-state index is 0.142. The molecule has 0 radical (unpaired) electrons. The molecule has 2 heteroatoms. The second-order valence-electron chi connectivity index (χ2n) is 5.02. The molecule has 3 rings (SSSR count). The molecular weight excluding hydrogens is 212 g/mol. The lowest BCUT2D eigenvalue weighted by atomic mass is 9.89. The summed E-state index contributed by atoms with van der Waals surface area (Å²) in [4.78, 5) is 11.6. The Kier molecular flexibility index (Phi) is 2.15. The Morgan fingerprint density at radius 3 is 2.82 bits per heavy atom. The average molecular weight is 228 g/mol. The molecule has 1 unspecified atom stereocenters. The first kappa shape index (κ1) is 10.6. The molecule has 1 aromatic carbocycles. The molecule has 1 aliphatic heterocycles. The summed E-state index contributed by atoms with van der Waals surface area (Å²) < 4.78 is 6.07. The van der Waals surface area contributed by atoms with Gasteiger partial charge in [0.1, 0.15) is 11.4 Å². The van der Waals surface area contributed by atoms with Gasteiger partial charge in [0.05, 0.1) is 0 Å². The zero-order valence-corrected chi connectivity index (χ0v) is 10.2. The first-order chi connectivity index (χ1) is 8.12. The van der Waals surface area contributed by atoms with Crippen molar-refractivity contribution in [2.45, 2.75) is 38.7 Å². The molecule has 0 saturated heterocycles. The molecule has 1 atom stereocenters. The van der Waals surface area contributed by atoms with Gasteiger partial charge in [-0.2, -0.15) is 0 Å². The van der Waals surface area contributed by atoms with Gasteiger partial charge < -0.3 is 4.74 Å². The van der Waals surface area contributed by atoms with Crippen LogP contribution in [0.15, 0.2) is 35.6 Å². The zero-order chi connectivity index (χ0) is 12.0. The maximum atomic E-state index is 11.6. The van der Waals surface area contributed by atoms with Gasteiger partial charge in [0.15, 0.2) is 5.78 Å². The van der Waals surface area contributed by atoms with Crippen LogP contribution < -0.4 is 0 Å². The van der Waals surface area contributed by atoms with Gasteiger partial charge >= 0.3 is 0 Å². The molecule has 0 aromatic heterocycles. The molecule has 0 N–H and O–H groups in total. The predicted molar refractivity (Wildman–Crippen MR) is 65.5 cm³/mol. The second-order valence-corrected chi connectivity index (χ2v) is 5.02. The van der Waals surface area contributed by atoms with E-state index < -0.39 is 0 Å². The number of Topliss-reactive ketones (excluding diaryl/α,β-unsaturated/α-hetero) is 1. The molecule has 0 bridgehead atoms. The highest BCUT2D eigenvalue weighted by Gasteiger charge is 2.46. The van der Waals surface area contributed by atoms with Crippen LogP contribution in [-0.2, 0) is 21.6 Å². The number of hydrogen-bond acceptors (Lipinski definition) is 2. The van der Waals surface area contributed by atoms with E-state index in [1.54, 1.807) is 6.92 Å². The molecule has 0 fully saturated rings. The highest BCUT2D eigenvalue weighted by Crippen LogP contribution is 2.50. The number of fused-ring (bicyclic) bond motifs is 2. The Morgan fingerprint density at radius 1 is 1.35 bits per heavy atom. The smallest absolute Gasteiger partial charge is 0.159 e. The Labute approximate surface area is 101 Å². The zero-order valence-electron chi connectivity index (χ0n) is 10.2. The van der Waals surface area contributed by atoms with E-state index in [1.165, 1.54) is 11.1 Å². The fourth-order valence-electron chi connectivity index (χ4n) is 3.12. The SMILES string of the molecule is CC(=O)C1=C(C)OC2(CCc3ccccc32)C1. The van der Waals surface area contributed by atoms with E-state index in [-0.39, 0.29) is 11.4 Å². The van der Waals surface area contributed by atoms with E-state index in [0.29, 0.717) is 0 Å². The van der Waals surface area contributed by atoms with Crippen LogP contribution in [0.2, 0.25) is 0 Å². The van der Waals surface area contributed by atoms with Crippen molar-refractivity contribution in [3.05, 3.63) is 46.7 Å². The molecule has 88 valence electrons. The monoisotopic (exact) mass is 228 g/mol. The molecule has 17 heavy (non-hydrogen) atoms. The summed E-state index contributed by atoms with van der Waals surface area (Å²) in [7, 11) is 0. The first-order valence-electron chi connectivity index (χ1n) is 6.10. The molecule has 1 aromatic rings. The lowest BCUT2D eigenvalue weighted by molar-refractivity contribution is -0.113. The fraction of sp³-hybridized carbons (Fsp3) is 0.400. The largest absolute Gasteiger partial charge is 0.486 e. The highest BCUT2D eigenvalue weighted by atomic mass is 16.5. The number of ketones is 1. The van der Waals surface area contributed by atoms with Gasteiger partial charge in [0.25, 0.3) is 0 Å². The van der Waals surface area contributed by atoms with Gasteiger partial charge in [-0.25, -0.2) is 0 Å². The maximum absolute atomic E-state index is 11.6. The lowest BCUT2D eigenvalue weighted by Gasteiger charge is -2.25. The van der Waals surface area contributed by atoms with Crippen LogP contribution in [0.5, 0.6) is 0 Å². The van der Waals surface area contributed by atoms with Crippen molar-refractivity contribution in [3.8, 4) is 0 Å². The van der Waals surface area contributed by atoms with Crippen molar-refractivity contribution >= 4 is 5.78 Å². The van der Waals surface area contributed by atoms with Crippen molar-refractivity contribution in [3.63, 3.8) is 0 Å². The van der Waals surface area contributed by atoms with Crippen LogP contribution in [0.3, 0.4) is 0 Å². The van der Waals surface area contributed by atoms with Crippen LogP contribution in [-0.4, -0.2) is 5.78 Å². The number of allylic oxidation sites excluding steroid dienone is 1. The van der Waals surface area contributed by atoms with Gasteiger partial charge in [0, 0.05) is 12.0 Å². The van der Waals surface area contributed by atoms with E-state index in [9.17, 15) is 4.79 Å². The van der Waals surface area contributed by atoms with E-state index >= 15 is 0 Å². The number of carbonyl (C=O) groups is 1. The molecule has 0 amide bonds. The van der Waals surface area contributed by atoms with Crippen LogP contribution in [0, 0.1) is 0 Å². The van der Waals surface area contributed by atoms with Crippen LogP contribution in [0.4, 0.5) is 0 Å². The maximum Gasteiger partial charge on any atom is 0.159 e. The number of aryl methyl sites for hydroxylation is 1. The summed E-state index contributed by atoms with van der Waals surface area (Å²) in [6, 6.07) is 8.42. The van der Waals surface area contributed by atoms with Crippen molar-refractivity contribution in [2.24, 2.45) is 0 Å². The topological polar surface area (TPSA) is 26.3 Å². The minimum Gasteiger partial charge on any atom is -0.486 e. The Balaban J connectivity index is 2.02. The highest BCUT2D eigenvalue weighted by molar-refractivity contribution is 5.94. The summed E-state index contributed by atoms with van der Waals surface area (Å²) >= 11 is 0. The molecular formula is C15H16O2. The van der Waals surface area contributed by atoms with Crippen molar-refractivity contribution in [1.29, 1.82) is 0 Å². The number of benzene rings is 1. The van der Waals surface area contributed by atoms with Gasteiger partial charge in [-0.15, -0.1) is 0 Å². The van der Waals surface area contributed by atoms with Crippen LogP contribution in [0.25, 0.3) is 0 Å². The fourth-order valence-corrected chi connectivity index (χ4v) is 3.12. The summed E-state index contributed by atoms with van der Waals surface area (Å²) in [5.74, 6) is 0.956. The van der Waals surface area contributed by atoms with Gasteiger partial charge in [-0.05, 0) is 37.8 Å². The van der Waals surface area contributed by atoms with Crippen molar-refractivity contribution < 1.29 is 9.53 Å². The van der Waals surface area contributed by atoms with Gasteiger partial charge in [-0.3, -0.25) is 4.79 Å². The third-order valence-corrected chi connectivity index (χ3v) is 3.97. The standard InChI is InChI=1S/C15H16O2/c1-10(16)13-9-15(17-11(13)2)8-7-12-5-3-4-6-14(12)15/h3-6H,7-9H2,1-2H3. The van der Waals surface area contributed by atoms with Gasteiger partial charge in [-0.1, -0.05) is 24.3 Å². The third-order valence-electron chi connectivity index (χ3n) is 3.97. The normalized spacial score (nSPS) is 26.2. The third kappa shape index (κ3) is 1.43. The molecule has 1 spiro atoms. The van der Waals surface area contributed by atoms with E-state index in [1.807, 2.05) is 6.92 Å². The Morgan fingerprint density at radius 2 is 2.12 bits per heavy atom. The summed E-state index contributed by atoms with van der Waals surface area (Å²) in [5.41, 5.74) is 3.25. The van der Waals surface area contributed by atoms with E-state index in [2.05, 4.69) is 24.3 Å². The van der Waals surface area contributed by atoms with Crippen molar-refractivity contribution in [2.75, 3.05) is 0 Å². The number of ether oxygens (including phenoxy) is 1. The Hall–Kier alpha value is -1.57. The average Bonchev–Trinajstić information content (AvgIpc) is 2.83.